The summed E-state index contributed by atoms with van der Waals surface area (Å²) in [6.07, 6.45) is 13.0. The van der Waals surface area contributed by atoms with Gasteiger partial charge in [-0.3, -0.25) is 0 Å². The first kappa shape index (κ1) is 38.4. The number of allylic oxidation sites excluding steroid dienone is 2. The highest BCUT2D eigenvalue weighted by molar-refractivity contribution is 6.03. The molecule has 0 aromatic heterocycles. The van der Waals surface area contributed by atoms with Crippen molar-refractivity contribution in [1.82, 2.24) is 0 Å². The van der Waals surface area contributed by atoms with E-state index in [-0.39, 0.29) is 16.5 Å². The molecule has 7 aromatic carbocycles. The average molecular weight is 803 g/mol. The number of hydrogen-bond acceptors (Lipinski definition) is 2. The van der Waals surface area contributed by atoms with Crippen LogP contribution >= 0.6 is 0 Å². The van der Waals surface area contributed by atoms with Gasteiger partial charge in [0.1, 0.15) is 5.54 Å². The molecule has 3 unspecified atom stereocenters. The van der Waals surface area contributed by atoms with Gasteiger partial charge in [0.15, 0.2) is 0 Å². The molecular formula is C60H54N2. The molecule has 11 rings (SSSR count). The third-order valence-corrected chi connectivity index (χ3v) is 14.6. The Balaban J connectivity index is 0.886. The number of rotatable bonds is 5. The van der Waals surface area contributed by atoms with Crippen LogP contribution in [0.1, 0.15) is 94.2 Å². The van der Waals surface area contributed by atoms with Crippen LogP contribution in [0.5, 0.6) is 0 Å². The molecule has 0 spiro atoms. The van der Waals surface area contributed by atoms with E-state index in [1.54, 1.807) is 0 Å². The molecule has 4 aliphatic rings. The first-order valence-electron chi connectivity index (χ1n) is 22.5. The fourth-order valence-electron chi connectivity index (χ4n) is 11.4. The Bertz CT molecular complexity index is 3140. The smallest absolute Gasteiger partial charge is 0.100 e. The van der Waals surface area contributed by atoms with Crippen LogP contribution in [0.3, 0.4) is 0 Å². The van der Waals surface area contributed by atoms with E-state index in [9.17, 15) is 0 Å². The third kappa shape index (κ3) is 6.08. The Morgan fingerprint density at radius 2 is 1.40 bits per heavy atom. The number of nitrogens with zero attached hydrogens (tertiary/aromatic N) is 2. The maximum absolute atomic E-state index is 3.58. The number of para-hydroxylation sites is 2. The van der Waals surface area contributed by atoms with Crippen molar-refractivity contribution in [3.05, 3.63) is 191 Å². The van der Waals surface area contributed by atoms with Crippen LogP contribution < -0.4 is 9.80 Å². The highest BCUT2D eigenvalue weighted by Crippen LogP contribution is 2.58. The van der Waals surface area contributed by atoms with Crippen LogP contribution in [-0.2, 0) is 5.41 Å². The average Bonchev–Trinajstić information content (AvgIpc) is 3.48. The SMILES string of the molecule is CC1CC2c3ccc(C=Cc4ccc(-c5ccc6cc(N7c8ccccc8C=CC7(C)C)ccc6c5)c5ccccc45)cc3C(C)(C)C2C=C1N1c2ccccc2C#CC1(C)C. The molecule has 2 heterocycles. The second-order valence-electron chi connectivity index (χ2n) is 19.8. The zero-order valence-electron chi connectivity index (χ0n) is 37.0. The van der Waals surface area contributed by atoms with Gasteiger partial charge in [0.05, 0.1) is 11.2 Å². The predicted molar refractivity (Wildman–Crippen MR) is 265 cm³/mol. The van der Waals surface area contributed by atoms with E-state index in [0.29, 0.717) is 17.8 Å². The minimum Gasteiger partial charge on any atom is -0.332 e. The molecule has 2 aliphatic carbocycles. The zero-order valence-corrected chi connectivity index (χ0v) is 37.0. The monoisotopic (exact) mass is 802 g/mol. The van der Waals surface area contributed by atoms with Crippen LogP contribution in [0, 0.1) is 23.7 Å². The van der Waals surface area contributed by atoms with Crippen molar-refractivity contribution >= 4 is 56.8 Å². The van der Waals surface area contributed by atoms with Gasteiger partial charge in [-0.05, 0) is 154 Å². The normalized spacial score (nSPS) is 21.2. The Morgan fingerprint density at radius 1 is 0.661 bits per heavy atom. The first-order chi connectivity index (χ1) is 29.9. The molecule has 0 bridgehead atoms. The molecule has 3 atom stereocenters. The van der Waals surface area contributed by atoms with Crippen LogP contribution in [-0.4, -0.2) is 11.1 Å². The van der Waals surface area contributed by atoms with E-state index in [4.69, 9.17) is 0 Å². The second kappa shape index (κ2) is 14.0. The lowest BCUT2D eigenvalue weighted by Crippen LogP contribution is -2.47. The predicted octanol–water partition coefficient (Wildman–Crippen LogP) is 15.3. The van der Waals surface area contributed by atoms with E-state index in [2.05, 4.69) is 240 Å². The number of anilines is 3. The van der Waals surface area contributed by atoms with Crippen LogP contribution in [0.15, 0.2) is 157 Å². The van der Waals surface area contributed by atoms with Gasteiger partial charge in [-0.25, -0.2) is 0 Å². The molecule has 0 radical (unpaired) electrons. The molecule has 2 nitrogen and oxygen atoms in total. The number of hydrogen-bond donors (Lipinski definition) is 0. The van der Waals surface area contributed by atoms with E-state index in [1.165, 1.54) is 83.2 Å². The fraction of sp³-hybridized carbons (Fsp3) is 0.233. The lowest BCUT2D eigenvalue weighted by molar-refractivity contribution is 0.310. The van der Waals surface area contributed by atoms with Gasteiger partial charge in [-0.2, -0.15) is 0 Å². The minimum absolute atomic E-state index is 0.00302. The molecule has 304 valence electrons. The summed E-state index contributed by atoms with van der Waals surface area (Å²) < 4.78 is 0. The Kier molecular flexibility index (Phi) is 8.65. The number of benzene rings is 7. The van der Waals surface area contributed by atoms with Crippen molar-refractivity contribution in [2.24, 2.45) is 11.8 Å². The summed E-state index contributed by atoms with van der Waals surface area (Å²) in [6, 6.07) is 52.0. The largest absolute Gasteiger partial charge is 0.332 e. The molecule has 2 aliphatic heterocycles. The van der Waals surface area contributed by atoms with E-state index in [0.717, 1.165) is 12.0 Å². The van der Waals surface area contributed by atoms with Crippen molar-refractivity contribution in [3.8, 4) is 23.0 Å². The molecule has 0 fully saturated rings. The second-order valence-corrected chi connectivity index (χ2v) is 19.8. The van der Waals surface area contributed by atoms with Crippen LogP contribution in [0.25, 0.3) is 50.9 Å². The summed E-state index contributed by atoms with van der Waals surface area (Å²) in [6.45, 7) is 16.5. The Hall–Kier alpha value is -6.56. The topological polar surface area (TPSA) is 6.48 Å². The summed E-state index contributed by atoms with van der Waals surface area (Å²) in [7, 11) is 0. The summed E-state index contributed by atoms with van der Waals surface area (Å²) in [5.41, 5.74) is 15.1. The zero-order chi connectivity index (χ0) is 42.5. The van der Waals surface area contributed by atoms with Crippen molar-refractivity contribution in [3.63, 3.8) is 0 Å². The molecular weight excluding hydrogens is 749 g/mol. The van der Waals surface area contributed by atoms with Gasteiger partial charge in [-0.1, -0.05) is 166 Å². The summed E-state index contributed by atoms with van der Waals surface area (Å²) in [4.78, 5) is 5.01. The van der Waals surface area contributed by atoms with Gasteiger partial charge in [-0.15, -0.1) is 0 Å². The summed E-state index contributed by atoms with van der Waals surface area (Å²) in [5, 5.41) is 5.02. The molecule has 0 amide bonds. The van der Waals surface area contributed by atoms with Gasteiger partial charge >= 0.3 is 0 Å². The number of fused-ring (bicyclic) bond motifs is 7. The highest BCUT2D eigenvalue weighted by Gasteiger charge is 2.49. The van der Waals surface area contributed by atoms with Crippen LogP contribution in [0.4, 0.5) is 17.1 Å². The van der Waals surface area contributed by atoms with E-state index in [1.807, 2.05) is 0 Å². The minimum atomic E-state index is -0.269. The van der Waals surface area contributed by atoms with Crippen LogP contribution in [0.2, 0.25) is 0 Å². The van der Waals surface area contributed by atoms with Crippen molar-refractivity contribution < 1.29 is 0 Å². The quantitative estimate of drug-likeness (QED) is 0.126. The molecule has 0 saturated heterocycles. The van der Waals surface area contributed by atoms with Gasteiger partial charge in [0.25, 0.3) is 0 Å². The molecule has 62 heavy (non-hydrogen) atoms. The van der Waals surface area contributed by atoms with Crippen molar-refractivity contribution in [1.29, 1.82) is 0 Å². The molecule has 2 heteroatoms. The van der Waals surface area contributed by atoms with Gasteiger partial charge in [0.2, 0.25) is 0 Å². The van der Waals surface area contributed by atoms with E-state index >= 15 is 0 Å². The van der Waals surface area contributed by atoms with Gasteiger partial charge in [0, 0.05) is 22.6 Å². The fourth-order valence-corrected chi connectivity index (χ4v) is 11.4. The maximum Gasteiger partial charge on any atom is 0.100 e. The Morgan fingerprint density at radius 3 is 2.26 bits per heavy atom. The molecule has 0 N–H and O–H groups in total. The van der Waals surface area contributed by atoms with Crippen molar-refractivity contribution in [2.75, 3.05) is 9.80 Å². The third-order valence-electron chi connectivity index (χ3n) is 14.6. The summed E-state index contributed by atoms with van der Waals surface area (Å²) in [5.74, 6) is 8.40. The lowest BCUT2D eigenvalue weighted by atomic mass is 9.69. The summed E-state index contributed by atoms with van der Waals surface area (Å²) >= 11 is 0. The molecule has 7 aromatic rings. The molecule has 0 saturated carbocycles. The Labute approximate surface area is 367 Å². The highest BCUT2D eigenvalue weighted by atomic mass is 15.2. The van der Waals surface area contributed by atoms with E-state index < -0.39 is 0 Å². The first-order valence-corrected chi connectivity index (χ1v) is 22.5. The maximum atomic E-state index is 3.58. The lowest BCUT2D eigenvalue weighted by Gasteiger charge is -2.46. The standard InChI is InChI=1S/C60H54N2/c1-39-34-52-51-28-21-40(35-53(51)60(6,7)54(52)38-57(39)62-56-19-13-9-15-43(56)31-33-59(62,4)5)20-22-41-26-29-49(50-17-11-10-16-48(41)50)46-24-23-45-37-47(27-25-44(45)36-46)61-55-18-12-8-14-42(55)30-32-58(61,2)3/h8-30,32,35-39,52,54H,34H2,1-7H3. The van der Waals surface area contributed by atoms with Crippen molar-refractivity contribution in [2.45, 2.75) is 77.3 Å². The van der Waals surface area contributed by atoms with Gasteiger partial charge < -0.3 is 9.80 Å².